The van der Waals surface area contributed by atoms with E-state index < -0.39 is 0 Å². The van der Waals surface area contributed by atoms with Crippen LogP contribution in [0.25, 0.3) is 22.5 Å². The van der Waals surface area contributed by atoms with Gasteiger partial charge in [0.15, 0.2) is 5.75 Å². The lowest BCUT2D eigenvalue weighted by atomic mass is 10.0. The molecule has 1 aliphatic rings. The van der Waals surface area contributed by atoms with Crippen LogP contribution in [0.15, 0.2) is 41.2 Å². The Kier molecular flexibility index (Phi) is 3.43. The second kappa shape index (κ2) is 5.74. The SMILES string of the molecule is COc1ccc(-c2conc2-c2cc(OC)c3c(c2)ONO3)nc1. The summed E-state index contributed by atoms with van der Waals surface area (Å²) in [6.07, 6.45) is 3.18. The first-order valence-corrected chi connectivity index (χ1v) is 7.06. The third kappa shape index (κ3) is 2.29. The molecule has 1 N–H and O–H groups in total. The van der Waals surface area contributed by atoms with Crippen LogP contribution in [-0.4, -0.2) is 24.4 Å². The average Bonchev–Trinajstić information content (AvgIpc) is 3.29. The van der Waals surface area contributed by atoms with Crippen LogP contribution in [0.4, 0.5) is 0 Å². The highest BCUT2D eigenvalue weighted by Gasteiger charge is 2.24. The minimum atomic E-state index is 0.480. The van der Waals surface area contributed by atoms with Crippen molar-refractivity contribution in [2.45, 2.75) is 0 Å². The van der Waals surface area contributed by atoms with Gasteiger partial charge in [0.05, 0.1) is 31.7 Å². The van der Waals surface area contributed by atoms with Crippen molar-refractivity contribution in [3.63, 3.8) is 0 Å². The molecular formula is C16H13N3O5. The predicted molar refractivity (Wildman–Crippen MR) is 82.7 cm³/mol. The van der Waals surface area contributed by atoms with E-state index in [-0.39, 0.29) is 0 Å². The molecule has 4 rings (SSSR count). The van der Waals surface area contributed by atoms with Crippen LogP contribution in [0, 0.1) is 0 Å². The molecule has 8 heteroatoms. The lowest BCUT2D eigenvalue weighted by Gasteiger charge is -2.07. The number of fused-ring (bicyclic) bond motifs is 1. The highest BCUT2D eigenvalue weighted by atomic mass is 16.9. The largest absolute Gasteiger partial charge is 0.495 e. The van der Waals surface area contributed by atoms with Gasteiger partial charge in [0, 0.05) is 11.2 Å². The van der Waals surface area contributed by atoms with Crippen molar-refractivity contribution in [2.75, 3.05) is 14.2 Å². The van der Waals surface area contributed by atoms with Crippen molar-refractivity contribution in [2.24, 2.45) is 0 Å². The second-order valence-electron chi connectivity index (χ2n) is 4.95. The van der Waals surface area contributed by atoms with Crippen molar-refractivity contribution >= 4 is 0 Å². The number of nitrogens with zero attached hydrogens (tertiary/aromatic N) is 2. The molecule has 0 amide bonds. The van der Waals surface area contributed by atoms with Gasteiger partial charge in [0.25, 0.3) is 0 Å². The van der Waals surface area contributed by atoms with Crippen LogP contribution in [0.2, 0.25) is 0 Å². The Morgan fingerprint density at radius 1 is 1.08 bits per heavy atom. The number of aromatic nitrogens is 2. The number of nitrogens with one attached hydrogen (secondary N) is 1. The molecule has 0 spiro atoms. The van der Waals surface area contributed by atoms with Gasteiger partial charge in [-0.15, -0.1) is 0 Å². The molecule has 3 aromatic rings. The van der Waals surface area contributed by atoms with Gasteiger partial charge in [-0.2, -0.15) is 0 Å². The molecular weight excluding hydrogens is 314 g/mol. The predicted octanol–water partition coefficient (Wildman–Crippen LogP) is 2.61. The Morgan fingerprint density at radius 2 is 2.00 bits per heavy atom. The Balaban J connectivity index is 1.80. The van der Waals surface area contributed by atoms with E-state index in [4.69, 9.17) is 23.7 Å². The Labute approximate surface area is 136 Å². The monoisotopic (exact) mass is 327 g/mol. The number of rotatable bonds is 4. The number of pyridine rings is 1. The molecule has 1 aromatic carbocycles. The number of hydrogen-bond donors (Lipinski definition) is 1. The summed E-state index contributed by atoms with van der Waals surface area (Å²) < 4.78 is 15.6. The van der Waals surface area contributed by atoms with Gasteiger partial charge >= 0.3 is 0 Å². The van der Waals surface area contributed by atoms with Crippen LogP contribution >= 0.6 is 0 Å². The highest BCUT2D eigenvalue weighted by molar-refractivity contribution is 5.80. The molecule has 0 atom stereocenters. The molecule has 0 saturated heterocycles. The van der Waals surface area contributed by atoms with Crippen molar-refractivity contribution in [3.8, 4) is 45.5 Å². The van der Waals surface area contributed by atoms with E-state index in [9.17, 15) is 0 Å². The van der Waals surface area contributed by atoms with E-state index in [1.165, 1.54) is 0 Å². The van der Waals surface area contributed by atoms with Gasteiger partial charge in [-0.1, -0.05) is 5.16 Å². The Morgan fingerprint density at radius 3 is 2.75 bits per heavy atom. The van der Waals surface area contributed by atoms with Crippen LogP contribution in [0.1, 0.15) is 0 Å². The zero-order chi connectivity index (χ0) is 16.5. The number of ether oxygens (including phenoxy) is 2. The van der Waals surface area contributed by atoms with E-state index >= 15 is 0 Å². The number of hydrogen-bond acceptors (Lipinski definition) is 8. The van der Waals surface area contributed by atoms with Crippen LogP contribution in [-0.2, 0) is 0 Å². The normalized spacial score (nSPS) is 12.2. The fraction of sp³-hybridized carbons (Fsp3) is 0.125. The van der Waals surface area contributed by atoms with Gasteiger partial charge in [0.2, 0.25) is 11.5 Å². The summed E-state index contributed by atoms with van der Waals surface area (Å²) >= 11 is 0. The molecule has 122 valence electrons. The molecule has 8 nitrogen and oxygen atoms in total. The van der Waals surface area contributed by atoms with E-state index in [2.05, 4.69) is 15.8 Å². The van der Waals surface area contributed by atoms with Crippen LogP contribution in [0.5, 0.6) is 23.0 Å². The van der Waals surface area contributed by atoms with Gasteiger partial charge < -0.3 is 23.7 Å². The summed E-state index contributed by atoms with van der Waals surface area (Å²) in [4.78, 5) is 14.7. The topological polar surface area (TPSA) is 87.9 Å². The van der Waals surface area contributed by atoms with E-state index in [0.717, 1.165) is 11.1 Å². The maximum atomic E-state index is 5.34. The van der Waals surface area contributed by atoms with Gasteiger partial charge in [-0.25, -0.2) is 0 Å². The smallest absolute Gasteiger partial charge is 0.237 e. The second-order valence-corrected chi connectivity index (χ2v) is 4.95. The third-order valence-corrected chi connectivity index (χ3v) is 3.63. The zero-order valence-electron chi connectivity index (χ0n) is 12.9. The minimum Gasteiger partial charge on any atom is -0.495 e. The van der Waals surface area contributed by atoms with Gasteiger partial charge in [-0.05, 0) is 24.3 Å². The van der Waals surface area contributed by atoms with Crippen molar-refractivity contribution in [1.82, 2.24) is 15.8 Å². The molecule has 0 fully saturated rings. The van der Waals surface area contributed by atoms with Gasteiger partial charge in [0.1, 0.15) is 17.7 Å². The quantitative estimate of drug-likeness (QED) is 0.782. The fourth-order valence-corrected chi connectivity index (χ4v) is 2.44. The Hall–Kier alpha value is -3.26. The van der Waals surface area contributed by atoms with Crippen LogP contribution in [0.3, 0.4) is 0 Å². The van der Waals surface area contributed by atoms with Crippen LogP contribution < -0.4 is 24.8 Å². The van der Waals surface area contributed by atoms with E-state index in [0.29, 0.717) is 34.4 Å². The van der Waals surface area contributed by atoms with Crippen molar-refractivity contribution in [1.29, 1.82) is 0 Å². The first-order valence-electron chi connectivity index (χ1n) is 7.06. The fourth-order valence-electron chi connectivity index (χ4n) is 2.44. The molecule has 0 bridgehead atoms. The summed E-state index contributed by atoms with van der Waals surface area (Å²) in [5.41, 5.74) is 5.16. The lowest BCUT2D eigenvalue weighted by Crippen LogP contribution is -2.14. The summed E-state index contributed by atoms with van der Waals surface area (Å²) in [6.45, 7) is 0. The van der Waals surface area contributed by atoms with E-state index in [1.807, 2.05) is 12.1 Å². The van der Waals surface area contributed by atoms with Crippen molar-refractivity contribution < 1.29 is 23.7 Å². The number of benzene rings is 1. The van der Waals surface area contributed by atoms with E-state index in [1.54, 1.807) is 38.8 Å². The molecule has 24 heavy (non-hydrogen) atoms. The summed E-state index contributed by atoms with van der Waals surface area (Å²) in [6, 6.07) is 7.23. The maximum absolute atomic E-state index is 5.34. The summed E-state index contributed by atoms with van der Waals surface area (Å²) in [5, 5.41) is 4.09. The molecule has 0 aliphatic carbocycles. The molecule has 0 unspecified atom stereocenters. The molecule has 0 saturated carbocycles. The average molecular weight is 327 g/mol. The molecule has 3 heterocycles. The standard InChI is InChI=1S/C16H13N3O5/c1-20-10-3-4-12(17-7-10)11-8-22-18-15(11)9-5-13(21-2)16-14(6-9)23-19-24-16/h3-8,19H,1-2H3. The first kappa shape index (κ1) is 14.3. The molecule has 2 aromatic heterocycles. The third-order valence-electron chi connectivity index (χ3n) is 3.63. The first-order chi connectivity index (χ1) is 11.8. The maximum Gasteiger partial charge on any atom is 0.237 e. The summed E-state index contributed by atoms with van der Waals surface area (Å²) in [5.74, 6) is 2.17. The molecule has 0 radical (unpaired) electrons. The molecule has 1 aliphatic heterocycles. The minimum absolute atomic E-state index is 0.480. The van der Waals surface area contributed by atoms with Gasteiger partial charge in [-0.3, -0.25) is 4.98 Å². The summed E-state index contributed by atoms with van der Waals surface area (Å²) in [7, 11) is 3.14. The van der Waals surface area contributed by atoms with Crippen molar-refractivity contribution in [3.05, 3.63) is 36.7 Å². The highest BCUT2D eigenvalue weighted by Crippen LogP contribution is 2.44. The Bertz CT molecular complexity index is 876. The lowest BCUT2D eigenvalue weighted by molar-refractivity contribution is 0.0248. The zero-order valence-corrected chi connectivity index (χ0v) is 12.9. The number of methoxy groups -OCH3 is 2.